The summed E-state index contributed by atoms with van der Waals surface area (Å²) in [6.45, 7) is 0. The van der Waals surface area contributed by atoms with E-state index in [1.165, 1.54) is 0 Å². The van der Waals surface area contributed by atoms with E-state index in [4.69, 9.17) is 23.8 Å². The first-order valence-corrected chi connectivity index (χ1v) is 5.16. The van der Waals surface area contributed by atoms with E-state index >= 15 is 0 Å². The van der Waals surface area contributed by atoms with Crippen LogP contribution in [-0.4, -0.2) is 12.2 Å². The summed E-state index contributed by atoms with van der Waals surface area (Å²) < 4.78 is 0.845. The van der Waals surface area contributed by atoms with Gasteiger partial charge >= 0.3 is 0 Å². The normalized spacial score (nSPS) is 9.46. The van der Waals surface area contributed by atoms with Crippen LogP contribution < -0.4 is 10.6 Å². The standard InChI is InChI=1S/C8H8BrClN2S/c1-11-8(13)12-6-4-2-3-5(9)7(6)10/h2-4H,1H3,(H2,11,12,13). The van der Waals surface area contributed by atoms with Crippen molar-refractivity contribution < 1.29 is 0 Å². The Bertz CT molecular complexity index is 330. The lowest BCUT2D eigenvalue weighted by Crippen LogP contribution is -2.24. The van der Waals surface area contributed by atoms with E-state index in [0.717, 1.165) is 10.2 Å². The molecule has 0 spiro atoms. The first-order chi connectivity index (χ1) is 6.15. The second-order valence-electron chi connectivity index (χ2n) is 2.31. The molecule has 0 aliphatic carbocycles. The van der Waals surface area contributed by atoms with Gasteiger partial charge in [-0.3, -0.25) is 0 Å². The summed E-state index contributed by atoms with van der Waals surface area (Å²) in [6, 6.07) is 5.61. The monoisotopic (exact) mass is 278 g/mol. The van der Waals surface area contributed by atoms with Crippen molar-refractivity contribution in [3.05, 3.63) is 27.7 Å². The van der Waals surface area contributed by atoms with E-state index in [0.29, 0.717) is 10.1 Å². The van der Waals surface area contributed by atoms with Crippen LogP contribution in [0, 0.1) is 0 Å². The van der Waals surface area contributed by atoms with Crippen molar-refractivity contribution in [3.63, 3.8) is 0 Å². The van der Waals surface area contributed by atoms with Gasteiger partial charge in [-0.15, -0.1) is 0 Å². The Balaban J connectivity index is 2.89. The van der Waals surface area contributed by atoms with E-state index in [-0.39, 0.29) is 0 Å². The van der Waals surface area contributed by atoms with E-state index in [9.17, 15) is 0 Å². The van der Waals surface area contributed by atoms with Gasteiger partial charge < -0.3 is 10.6 Å². The molecular formula is C8H8BrClN2S. The van der Waals surface area contributed by atoms with Crippen molar-refractivity contribution in [2.24, 2.45) is 0 Å². The Labute approximate surface area is 95.8 Å². The van der Waals surface area contributed by atoms with E-state index in [1.54, 1.807) is 7.05 Å². The summed E-state index contributed by atoms with van der Waals surface area (Å²) >= 11 is 14.3. The predicted octanol–water partition coefficient (Wildman–Crippen LogP) is 3.02. The fourth-order valence-electron chi connectivity index (χ4n) is 0.785. The summed E-state index contributed by atoms with van der Waals surface area (Å²) in [5, 5.41) is 6.93. The molecule has 1 aromatic rings. The molecule has 0 heterocycles. The van der Waals surface area contributed by atoms with Crippen LogP contribution >= 0.6 is 39.7 Å². The molecule has 1 aromatic carbocycles. The zero-order valence-corrected chi connectivity index (χ0v) is 10.1. The molecule has 0 unspecified atom stereocenters. The van der Waals surface area contributed by atoms with Crippen LogP contribution in [0.4, 0.5) is 5.69 Å². The molecule has 1 rings (SSSR count). The fraction of sp³-hybridized carbons (Fsp3) is 0.125. The van der Waals surface area contributed by atoms with Crippen molar-refractivity contribution in [2.75, 3.05) is 12.4 Å². The maximum atomic E-state index is 6.00. The predicted molar refractivity (Wildman–Crippen MR) is 64.4 cm³/mol. The Morgan fingerprint density at radius 1 is 1.54 bits per heavy atom. The van der Waals surface area contributed by atoms with Crippen LogP contribution in [0.15, 0.2) is 22.7 Å². The van der Waals surface area contributed by atoms with Crippen molar-refractivity contribution in [1.82, 2.24) is 5.32 Å². The van der Waals surface area contributed by atoms with Crippen LogP contribution in [0.25, 0.3) is 0 Å². The van der Waals surface area contributed by atoms with Gasteiger partial charge in [-0.25, -0.2) is 0 Å². The summed E-state index contributed by atoms with van der Waals surface area (Å²) in [7, 11) is 1.75. The zero-order valence-electron chi connectivity index (χ0n) is 6.90. The average molecular weight is 280 g/mol. The zero-order chi connectivity index (χ0) is 9.84. The second-order valence-corrected chi connectivity index (χ2v) is 3.95. The van der Waals surface area contributed by atoms with Crippen LogP contribution in [0.2, 0.25) is 5.02 Å². The topological polar surface area (TPSA) is 24.1 Å². The highest BCUT2D eigenvalue weighted by Crippen LogP contribution is 2.29. The lowest BCUT2D eigenvalue weighted by molar-refractivity contribution is 1.20. The molecule has 2 N–H and O–H groups in total. The van der Waals surface area contributed by atoms with Crippen molar-refractivity contribution in [3.8, 4) is 0 Å². The molecular weight excluding hydrogens is 272 g/mol. The molecule has 0 atom stereocenters. The number of anilines is 1. The Kier molecular flexibility index (Phi) is 3.96. The molecule has 0 saturated heterocycles. The van der Waals surface area contributed by atoms with Crippen molar-refractivity contribution >= 4 is 50.5 Å². The van der Waals surface area contributed by atoms with E-state index in [2.05, 4.69) is 26.6 Å². The first-order valence-electron chi connectivity index (χ1n) is 3.58. The summed E-state index contributed by atoms with van der Waals surface area (Å²) in [4.78, 5) is 0. The summed E-state index contributed by atoms with van der Waals surface area (Å²) in [6.07, 6.45) is 0. The Morgan fingerprint density at radius 3 is 2.85 bits per heavy atom. The Morgan fingerprint density at radius 2 is 2.23 bits per heavy atom. The highest BCUT2D eigenvalue weighted by Gasteiger charge is 2.03. The van der Waals surface area contributed by atoms with Crippen LogP contribution in [0.3, 0.4) is 0 Å². The molecule has 70 valence electrons. The highest BCUT2D eigenvalue weighted by molar-refractivity contribution is 9.10. The fourth-order valence-corrected chi connectivity index (χ4v) is 1.43. The largest absolute Gasteiger partial charge is 0.366 e. The molecule has 0 aromatic heterocycles. The highest BCUT2D eigenvalue weighted by atomic mass is 79.9. The molecule has 13 heavy (non-hydrogen) atoms. The van der Waals surface area contributed by atoms with E-state index < -0.39 is 0 Å². The summed E-state index contributed by atoms with van der Waals surface area (Å²) in [5.41, 5.74) is 0.787. The number of rotatable bonds is 1. The van der Waals surface area contributed by atoms with Crippen LogP contribution in [0.5, 0.6) is 0 Å². The number of nitrogens with one attached hydrogen (secondary N) is 2. The molecule has 0 aliphatic rings. The van der Waals surface area contributed by atoms with Gasteiger partial charge in [-0.05, 0) is 40.3 Å². The molecule has 0 bridgehead atoms. The van der Waals surface area contributed by atoms with Gasteiger partial charge in [-0.2, -0.15) is 0 Å². The summed E-state index contributed by atoms with van der Waals surface area (Å²) in [5.74, 6) is 0. The van der Waals surface area contributed by atoms with Gasteiger partial charge in [0, 0.05) is 11.5 Å². The number of halogens is 2. The maximum absolute atomic E-state index is 6.00. The SMILES string of the molecule is CNC(=S)Nc1cccc(Br)c1Cl. The van der Waals surface area contributed by atoms with Gasteiger partial charge in [0.1, 0.15) is 0 Å². The number of thiocarbonyl (C=S) groups is 1. The number of hydrogen-bond acceptors (Lipinski definition) is 1. The molecule has 0 amide bonds. The maximum Gasteiger partial charge on any atom is 0.170 e. The molecule has 0 aliphatic heterocycles. The van der Waals surface area contributed by atoms with Crippen molar-refractivity contribution in [2.45, 2.75) is 0 Å². The smallest absolute Gasteiger partial charge is 0.170 e. The first kappa shape index (κ1) is 10.8. The van der Waals surface area contributed by atoms with Gasteiger partial charge in [0.2, 0.25) is 0 Å². The lowest BCUT2D eigenvalue weighted by atomic mass is 10.3. The van der Waals surface area contributed by atoms with Gasteiger partial charge in [0.15, 0.2) is 5.11 Å². The minimum Gasteiger partial charge on any atom is -0.366 e. The second kappa shape index (κ2) is 4.79. The molecule has 2 nitrogen and oxygen atoms in total. The molecule has 0 saturated carbocycles. The third-order valence-corrected chi connectivity index (χ3v) is 3.03. The van der Waals surface area contributed by atoms with Gasteiger partial charge in [0.05, 0.1) is 10.7 Å². The number of hydrogen-bond donors (Lipinski definition) is 2. The van der Waals surface area contributed by atoms with E-state index in [1.807, 2.05) is 18.2 Å². The number of benzene rings is 1. The Hall–Kier alpha value is -0.320. The van der Waals surface area contributed by atoms with Crippen LogP contribution in [-0.2, 0) is 0 Å². The lowest BCUT2D eigenvalue weighted by Gasteiger charge is -2.09. The molecule has 5 heteroatoms. The van der Waals surface area contributed by atoms with Gasteiger partial charge in [-0.1, -0.05) is 17.7 Å². The van der Waals surface area contributed by atoms with Crippen molar-refractivity contribution in [1.29, 1.82) is 0 Å². The minimum absolute atomic E-state index is 0.542. The quantitative estimate of drug-likeness (QED) is 0.773. The van der Waals surface area contributed by atoms with Crippen LogP contribution in [0.1, 0.15) is 0 Å². The molecule has 0 radical (unpaired) electrons. The average Bonchev–Trinajstić information content (AvgIpc) is 2.13. The third kappa shape index (κ3) is 2.83. The van der Waals surface area contributed by atoms with Gasteiger partial charge in [0.25, 0.3) is 0 Å². The third-order valence-electron chi connectivity index (χ3n) is 1.43. The molecule has 0 fully saturated rings. The minimum atomic E-state index is 0.542.